The van der Waals surface area contributed by atoms with E-state index in [1.165, 1.54) is 24.4 Å². The summed E-state index contributed by atoms with van der Waals surface area (Å²) in [4.78, 5) is 23.5. The minimum Gasteiger partial charge on any atom is -0.493 e. The Morgan fingerprint density at radius 1 is 1.07 bits per heavy atom. The van der Waals surface area contributed by atoms with Crippen LogP contribution in [0, 0.1) is 11.7 Å². The third-order valence-corrected chi connectivity index (χ3v) is 3.59. The Morgan fingerprint density at radius 2 is 1.75 bits per heavy atom. The van der Waals surface area contributed by atoms with Crippen LogP contribution >= 0.6 is 0 Å². The lowest BCUT2D eigenvalue weighted by atomic mass is 10.2. The van der Waals surface area contributed by atoms with Crippen LogP contribution in [0.2, 0.25) is 0 Å². The Morgan fingerprint density at radius 3 is 2.43 bits per heavy atom. The van der Waals surface area contributed by atoms with Crippen molar-refractivity contribution in [2.24, 2.45) is 11.0 Å². The maximum absolute atomic E-state index is 13.5. The molecule has 6 nitrogen and oxygen atoms in total. The van der Waals surface area contributed by atoms with Gasteiger partial charge in [-0.25, -0.2) is 9.82 Å². The summed E-state index contributed by atoms with van der Waals surface area (Å²) in [5, 5.41) is 6.29. The molecule has 0 saturated heterocycles. The molecule has 0 aliphatic rings. The highest BCUT2D eigenvalue weighted by Gasteiger charge is 2.08. The van der Waals surface area contributed by atoms with E-state index in [0.717, 1.165) is 11.3 Å². The molecule has 0 unspecified atom stereocenters. The third-order valence-electron chi connectivity index (χ3n) is 3.59. The van der Waals surface area contributed by atoms with Gasteiger partial charge in [0.25, 0.3) is 0 Å². The van der Waals surface area contributed by atoms with Crippen LogP contribution in [0.5, 0.6) is 5.75 Å². The van der Waals surface area contributed by atoms with Crippen molar-refractivity contribution in [3.63, 3.8) is 0 Å². The van der Waals surface area contributed by atoms with Crippen molar-refractivity contribution in [1.82, 2.24) is 5.43 Å². The molecule has 0 aliphatic heterocycles. The summed E-state index contributed by atoms with van der Waals surface area (Å²) in [6.45, 7) is 4.80. The number of carbonyl (C=O) groups is 2. The molecule has 0 radical (unpaired) electrons. The molecule has 0 atom stereocenters. The molecule has 0 aromatic heterocycles. The number of amides is 2. The molecular weight excluding hydrogens is 361 g/mol. The molecule has 2 rings (SSSR count). The molecule has 0 aliphatic carbocycles. The van der Waals surface area contributed by atoms with Crippen LogP contribution in [-0.2, 0) is 9.59 Å². The van der Waals surface area contributed by atoms with Gasteiger partial charge in [-0.3, -0.25) is 9.59 Å². The highest BCUT2D eigenvalue weighted by molar-refractivity contribution is 5.93. The molecule has 148 valence electrons. The Bertz CT molecular complexity index is 820. The molecule has 0 bridgehead atoms. The first-order valence-electron chi connectivity index (χ1n) is 9.03. The van der Waals surface area contributed by atoms with Crippen molar-refractivity contribution < 1.29 is 18.7 Å². The zero-order valence-electron chi connectivity index (χ0n) is 15.9. The zero-order chi connectivity index (χ0) is 20.4. The highest BCUT2D eigenvalue weighted by atomic mass is 19.1. The smallest absolute Gasteiger partial charge is 0.240 e. The molecule has 28 heavy (non-hydrogen) atoms. The summed E-state index contributed by atoms with van der Waals surface area (Å²) >= 11 is 0. The van der Waals surface area contributed by atoms with Gasteiger partial charge in [-0.1, -0.05) is 26.0 Å². The summed E-state index contributed by atoms with van der Waals surface area (Å²) in [6.07, 6.45) is 1.38. The van der Waals surface area contributed by atoms with Crippen molar-refractivity contribution in [2.45, 2.75) is 26.7 Å². The number of para-hydroxylation sites is 1. The number of hydrogen-bond acceptors (Lipinski definition) is 4. The average molecular weight is 385 g/mol. The number of nitrogens with zero attached hydrogens (tertiary/aromatic N) is 1. The summed E-state index contributed by atoms with van der Waals surface area (Å²) < 4.78 is 19.1. The van der Waals surface area contributed by atoms with Gasteiger partial charge >= 0.3 is 0 Å². The first-order valence-corrected chi connectivity index (χ1v) is 9.03. The maximum Gasteiger partial charge on any atom is 0.240 e. The van der Waals surface area contributed by atoms with Gasteiger partial charge < -0.3 is 10.1 Å². The Labute approximate surface area is 163 Å². The number of ether oxygens (including phenoxy) is 1. The summed E-state index contributed by atoms with van der Waals surface area (Å²) in [5.41, 5.74) is 3.25. The van der Waals surface area contributed by atoms with Crippen molar-refractivity contribution in [2.75, 3.05) is 11.9 Å². The number of hydrogen-bond donors (Lipinski definition) is 2. The molecule has 2 amide bonds. The van der Waals surface area contributed by atoms with Gasteiger partial charge in [0.1, 0.15) is 11.6 Å². The molecule has 2 aromatic rings. The number of hydrazone groups is 1. The van der Waals surface area contributed by atoms with E-state index < -0.39 is 17.6 Å². The fourth-order valence-electron chi connectivity index (χ4n) is 2.15. The number of halogens is 1. The van der Waals surface area contributed by atoms with Gasteiger partial charge in [-0.15, -0.1) is 0 Å². The standard InChI is InChI=1S/C21H24FN3O3/c1-15(2)14-28-17-9-7-16(8-10-17)13-23-25-21(27)12-11-20(26)24-19-6-4-3-5-18(19)22/h3-10,13,15H,11-12,14H2,1-2H3,(H,24,26)(H,25,27). The molecule has 7 heteroatoms. The van der Waals surface area contributed by atoms with Gasteiger partial charge in [0.05, 0.1) is 18.5 Å². The van der Waals surface area contributed by atoms with Crippen molar-refractivity contribution >= 4 is 23.7 Å². The second-order valence-corrected chi connectivity index (χ2v) is 6.60. The van der Waals surface area contributed by atoms with Crippen molar-refractivity contribution in [3.8, 4) is 5.75 Å². The van der Waals surface area contributed by atoms with E-state index in [9.17, 15) is 14.0 Å². The summed E-state index contributed by atoms with van der Waals surface area (Å²) in [7, 11) is 0. The summed E-state index contributed by atoms with van der Waals surface area (Å²) in [5.74, 6) is -0.149. The monoisotopic (exact) mass is 385 g/mol. The van der Waals surface area contributed by atoms with Crippen molar-refractivity contribution in [1.29, 1.82) is 0 Å². The molecule has 2 aromatic carbocycles. The average Bonchev–Trinajstić information content (AvgIpc) is 2.67. The Hall–Kier alpha value is -3.22. The van der Waals surface area contributed by atoms with E-state index in [0.29, 0.717) is 12.5 Å². The van der Waals surface area contributed by atoms with E-state index >= 15 is 0 Å². The van der Waals surface area contributed by atoms with Gasteiger partial charge in [0.15, 0.2) is 0 Å². The summed E-state index contributed by atoms with van der Waals surface area (Å²) in [6, 6.07) is 13.2. The van der Waals surface area contributed by atoms with Gasteiger partial charge in [-0.05, 0) is 47.9 Å². The quantitative estimate of drug-likeness (QED) is 0.510. The van der Waals surface area contributed by atoms with Gasteiger partial charge in [-0.2, -0.15) is 5.10 Å². The maximum atomic E-state index is 13.5. The fraction of sp³-hybridized carbons (Fsp3) is 0.286. The second-order valence-electron chi connectivity index (χ2n) is 6.60. The van der Waals surface area contributed by atoms with Gasteiger partial charge in [0.2, 0.25) is 11.8 Å². The number of benzene rings is 2. The fourth-order valence-corrected chi connectivity index (χ4v) is 2.15. The molecular formula is C21H24FN3O3. The largest absolute Gasteiger partial charge is 0.493 e. The highest BCUT2D eigenvalue weighted by Crippen LogP contribution is 2.13. The molecule has 0 heterocycles. The van der Waals surface area contributed by atoms with Crippen LogP contribution in [0.1, 0.15) is 32.3 Å². The van der Waals surface area contributed by atoms with Gasteiger partial charge in [0, 0.05) is 12.8 Å². The minimum absolute atomic E-state index is 0.0559. The molecule has 0 saturated carbocycles. The Balaban J connectivity index is 1.71. The first-order chi connectivity index (χ1) is 13.4. The topological polar surface area (TPSA) is 79.8 Å². The normalized spacial score (nSPS) is 10.9. The van der Waals surface area contributed by atoms with E-state index in [1.807, 2.05) is 24.3 Å². The first kappa shape index (κ1) is 21.1. The number of carbonyl (C=O) groups excluding carboxylic acids is 2. The number of rotatable bonds is 9. The lowest BCUT2D eigenvalue weighted by Crippen LogP contribution is -2.20. The number of anilines is 1. The predicted octanol–water partition coefficient (Wildman–Crippen LogP) is 3.73. The van der Waals surface area contributed by atoms with Crippen LogP contribution in [0.15, 0.2) is 53.6 Å². The van der Waals surface area contributed by atoms with Crippen LogP contribution < -0.4 is 15.5 Å². The van der Waals surface area contributed by atoms with E-state index in [1.54, 1.807) is 6.07 Å². The molecule has 0 spiro atoms. The minimum atomic E-state index is -0.523. The van der Waals surface area contributed by atoms with Crippen LogP contribution in [0.4, 0.5) is 10.1 Å². The van der Waals surface area contributed by atoms with E-state index in [-0.39, 0.29) is 18.5 Å². The second kappa shape index (κ2) is 10.8. The lowest BCUT2D eigenvalue weighted by Gasteiger charge is -2.08. The van der Waals surface area contributed by atoms with Crippen molar-refractivity contribution in [3.05, 3.63) is 59.9 Å². The molecule has 2 N–H and O–H groups in total. The molecule has 0 fully saturated rings. The van der Waals surface area contributed by atoms with Crippen LogP contribution in [0.25, 0.3) is 0 Å². The SMILES string of the molecule is CC(C)COc1ccc(C=NNC(=O)CCC(=O)Nc2ccccc2F)cc1. The number of nitrogens with one attached hydrogen (secondary N) is 2. The van der Waals surface area contributed by atoms with Crippen LogP contribution in [-0.4, -0.2) is 24.6 Å². The lowest BCUT2D eigenvalue weighted by molar-refractivity contribution is -0.124. The zero-order valence-corrected chi connectivity index (χ0v) is 15.9. The van der Waals surface area contributed by atoms with E-state index in [4.69, 9.17) is 4.74 Å². The van der Waals surface area contributed by atoms with Crippen LogP contribution in [0.3, 0.4) is 0 Å². The van der Waals surface area contributed by atoms with E-state index in [2.05, 4.69) is 29.7 Å². The third kappa shape index (κ3) is 7.57. The Kier molecular flexibility index (Phi) is 8.14. The predicted molar refractivity (Wildman–Crippen MR) is 107 cm³/mol.